The SMILES string of the molecule is CCN1CN(c2cccc3c2C(C)(C)c2ccccc2-3)C=N1. The van der Waals surface area contributed by atoms with Gasteiger partial charge in [-0.3, -0.25) is 5.01 Å². The molecular weight excluding hydrogens is 270 g/mol. The Bertz CT molecular complexity index is 761. The highest BCUT2D eigenvalue weighted by molar-refractivity contribution is 5.91. The summed E-state index contributed by atoms with van der Waals surface area (Å²) in [5, 5.41) is 6.55. The molecule has 0 radical (unpaired) electrons. The van der Waals surface area contributed by atoms with Crippen LogP contribution in [0.5, 0.6) is 0 Å². The largest absolute Gasteiger partial charge is 0.311 e. The third-order valence-corrected chi connectivity index (χ3v) is 4.90. The molecule has 22 heavy (non-hydrogen) atoms. The van der Waals surface area contributed by atoms with Gasteiger partial charge >= 0.3 is 0 Å². The van der Waals surface area contributed by atoms with Crippen LogP contribution in [0.25, 0.3) is 11.1 Å². The van der Waals surface area contributed by atoms with Crippen LogP contribution in [0.15, 0.2) is 47.6 Å². The minimum atomic E-state index is 0.0238. The first-order chi connectivity index (χ1) is 10.6. The van der Waals surface area contributed by atoms with Crippen molar-refractivity contribution >= 4 is 12.0 Å². The molecule has 1 heterocycles. The van der Waals surface area contributed by atoms with Crippen LogP contribution >= 0.6 is 0 Å². The maximum atomic E-state index is 4.47. The predicted molar refractivity (Wildman–Crippen MR) is 92.2 cm³/mol. The first kappa shape index (κ1) is 13.4. The summed E-state index contributed by atoms with van der Waals surface area (Å²) >= 11 is 0. The van der Waals surface area contributed by atoms with Gasteiger partial charge in [-0.2, -0.15) is 5.10 Å². The highest BCUT2D eigenvalue weighted by Gasteiger charge is 2.38. The monoisotopic (exact) mass is 291 g/mol. The van der Waals surface area contributed by atoms with E-state index in [0.717, 1.165) is 13.2 Å². The summed E-state index contributed by atoms with van der Waals surface area (Å²) < 4.78 is 0. The minimum Gasteiger partial charge on any atom is -0.311 e. The first-order valence-corrected chi connectivity index (χ1v) is 7.92. The lowest BCUT2D eigenvalue weighted by atomic mass is 9.81. The van der Waals surface area contributed by atoms with E-state index >= 15 is 0 Å². The molecule has 3 nitrogen and oxygen atoms in total. The Kier molecular flexibility index (Phi) is 2.80. The predicted octanol–water partition coefficient (Wildman–Crippen LogP) is 4.04. The Morgan fingerprint density at radius 2 is 1.82 bits per heavy atom. The van der Waals surface area contributed by atoms with Gasteiger partial charge in [0.05, 0.1) is 0 Å². The number of rotatable bonds is 2. The first-order valence-electron chi connectivity index (χ1n) is 7.92. The lowest BCUT2D eigenvalue weighted by molar-refractivity contribution is 0.337. The Morgan fingerprint density at radius 1 is 1.05 bits per heavy atom. The third kappa shape index (κ3) is 1.71. The van der Waals surface area contributed by atoms with Crippen LogP contribution in [-0.2, 0) is 5.41 Å². The molecule has 3 heteroatoms. The standard InChI is InChI=1S/C19H21N3/c1-4-22-13-21(12-20-22)17-11-7-9-15-14-8-5-6-10-16(14)19(2,3)18(15)17/h5-12H,4,13H2,1-3H3. The Morgan fingerprint density at radius 3 is 2.59 bits per heavy atom. The van der Waals surface area contributed by atoms with Crippen molar-refractivity contribution in [2.45, 2.75) is 26.2 Å². The molecule has 1 aliphatic heterocycles. The van der Waals surface area contributed by atoms with E-state index in [0.29, 0.717) is 0 Å². The van der Waals surface area contributed by atoms with Crippen LogP contribution in [0.4, 0.5) is 5.69 Å². The second-order valence-electron chi connectivity index (χ2n) is 6.54. The van der Waals surface area contributed by atoms with Gasteiger partial charge in [-0.25, -0.2) is 0 Å². The van der Waals surface area contributed by atoms with Crippen molar-refractivity contribution in [3.63, 3.8) is 0 Å². The van der Waals surface area contributed by atoms with Gasteiger partial charge in [0.2, 0.25) is 0 Å². The second kappa shape index (κ2) is 4.60. The van der Waals surface area contributed by atoms with Crippen LogP contribution in [0.2, 0.25) is 0 Å². The van der Waals surface area contributed by atoms with E-state index in [4.69, 9.17) is 0 Å². The Labute approximate surface area is 131 Å². The summed E-state index contributed by atoms with van der Waals surface area (Å²) in [5.41, 5.74) is 6.87. The van der Waals surface area contributed by atoms with Crippen molar-refractivity contribution in [2.75, 3.05) is 18.1 Å². The van der Waals surface area contributed by atoms with E-state index in [1.54, 1.807) is 0 Å². The van der Waals surface area contributed by atoms with Crippen molar-refractivity contribution in [1.29, 1.82) is 0 Å². The molecular formula is C19H21N3. The van der Waals surface area contributed by atoms with Crippen LogP contribution in [0.1, 0.15) is 31.9 Å². The smallest absolute Gasteiger partial charge is 0.117 e. The fourth-order valence-electron chi connectivity index (χ4n) is 3.76. The zero-order valence-electron chi connectivity index (χ0n) is 13.4. The molecule has 0 unspecified atom stereocenters. The summed E-state index contributed by atoms with van der Waals surface area (Å²) in [6.07, 6.45) is 1.96. The fourth-order valence-corrected chi connectivity index (χ4v) is 3.76. The summed E-state index contributed by atoms with van der Waals surface area (Å²) in [6.45, 7) is 8.55. The number of hydrazone groups is 1. The molecule has 0 atom stereocenters. The van der Waals surface area contributed by atoms with E-state index in [1.165, 1.54) is 27.9 Å². The number of fused-ring (bicyclic) bond motifs is 3. The van der Waals surface area contributed by atoms with Crippen LogP contribution in [-0.4, -0.2) is 24.6 Å². The number of nitrogens with zero attached hydrogens (tertiary/aromatic N) is 3. The summed E-state index contributed by atoms with van der Waals surface area (Å²) in [7, 11) is 0. The molecule has 4 rings (SSSR count). The van der Waals surface area contributed by atoms with Gasteiger partial charge in [0.25, 0.3) is 0 Å². The van der Waals surface area contributed by atoms with Gasteiger partial charge in [0.1, 0.15) is 13.0 Å². The van der Waals surface area contributed by atoms with Gasteiger partial charge in [0.15, 0.2) is 0 Å². The molecule has 0 amide bonds. The van der Waals surface area contributed by atoms with Crippen molar-refractivity contribution in [3.8, 4) is 11.1 Å². The molecule has 0 aromatic heterocycles. The van der Waals surface area contributed by atoms with E-state index in [1.807, 2.05) is 6.34 Å². The molecule has 0 bridgehead atoms. The van der Waals surface area contributed by atoms with Crippen LogP contribution in [0, 0.1) is 0 Å². The van der Waals surface area contributed by atoms with Crippen molar-refractivity contribution in [2.24, 2.45) is 5.10 Å². The Balaban J connectivity index is 1.88. The van der Waals surface area contributed by atoms with Crippen molar-refractivity contribution < 1.29 is 0 Å². The van der Waals surface area contributed by atoms with E-state index in [2.05, 4.69) is 78.2 Å². The van der Waals surface area contributed by atoms with Crippen molar-refractivity contribution in [1.82, 2.24) is 5.01 Å². The average molecular weight is 291 g/mol. The molecule has 2 aliphatic rings. The van der Waals surface area contributed by atoms with E-state index in [-0.39, 0.29) is 5.41 Å². The lowest BCUT2D eigenvalue weighted by Crippen LogP contribution is -2.29. The maximum Gasteiger partial charge on any atom is 0.117 e. The molecule has 0 spiro atoms. The fraction of sp³-hybridized carbons (Fsp3) is 0.316. The van der Waals surface area contributed by atoms with Crippen LogP contribution in [0.3, 0.4) is 0 Å². The summed E-state index contributed by atoms with van der Waals surface area (Å²) in [4.78, 5) is 2.26. The number of benzene rings is 2. The zero-order chi connectivity index (χ0) is 15.3. The maximum absolute atomic E-state index is 4.47. The number of hydrogen-bond donors (Lipinski definition) is 0. The molecule has 2 aromatic rings. The molecule has 0 saturated carbocycles. The van der Waals surface area contributed by atoms with Gasteiger partial charge in [-0.1, -0.05) is 50.2 Å². The minimum absolute atomic E-state index is 0.0238. The third-order valence-electron chi connectivity index (χ3n) is 4.90. The van der Waals surface area contributed by atoms with E-state index in [9.17, 15) is 0 Å². The molecule has 112 valence electrons. The van der Waals surface area contributed by atoms with Crippen molar-refractivity contribution in [3.05, 3.63) is 53.6 Å². The zero-order valence-corrected chi connectivity index (χ0v) is 13.4. The van der Waals surface area contributed by atoms with Crippen LogP contribution < -0.4 is 4.90 Å². The Hall–Kier alpha value is -2.29. The number of hydrogen-bond acceptors (Lipinski definition) is 3. The van der Waals surface area contributed by atoms with Gasteiger partial charge < -0.3 is 4.90 Å². The van der Waals surface area contributed by atoms with E-state index < -0.39 is 0 Å². The molecule has 0 N–H and O–H groups in total. The summed E-state index contributed by atoms with van der Waals surface area (Å²) in [6, 6.07) is 15.4. The quantitative estimate of drug-likeness (QED) is 0.831. The second-order valence-corrected chi connectivity index (χ2v) is 6.54. The molecule has 1 aliphatic carbocycles. The topological polar surface area (TPSA) is 18.8 Å². The van der Waals surface area contributed by atoms with Gasteiger partial charge in [-0.05, 0) is 35.2 Å². The molecule has 0 saturated heterocycles. The highest BCUT2D eigenvalue weighted by Crippen LogP contribution is 2.52. The molecule has 0 fully saturated rings. The summed E-state index contributed by atoms with van der Waals surface area (Å²) in [5.74, 6) is 0. The van der Waals surface area contributed by atoms with Gasteiger partial charge in [0, 0.05) is 17.6 Å². The normalized spacial score (nSPS) is 17.8. The number of anilines is 1. The average Bonchev–Trinajstić information content (AvgIpc) is 3.10. The molecule has 2 aromatic carbocycles. The lowest BCUT2D eigenvalue weighted by Gasteiger charge is -2.28. The highest BCUT2D eigenvalue weighted by atomic mass is 15.6. The van der Waals surface area contributed by atoms with Gasteiger partial charge in [-0.15, -0.1) is 0 Å².